The highest BCUT2D eigenvalue weighted by Crippen LogP contribution is 2.11. The summed E-state index contributed by atoms with van der Waals surface area (Å²) in [6.07, 6.45) is 1.22. The standard InChI is InChI=1S/C8H11N3O3/c1-3-14-8(13)6-4-10-11(5(2)12)7(6)9/h4H,3,9H2,1-2H3. The number of anilines is 1. The second kappa shape index (κ2) is 3.91. The largest absolute Gasteiger partial charge is 0.462 e. The van der Waals surface area contributed by atoms with Crippen molar-refractivity contribution < 1.29 is 14.3 Å². The van der Waals surface area contributed by atoms with Gasteiger partial charge in [0.05, 0.1) is 12.8 Å². The number of carbonyl (C=O) groups is 2. The Morgan fingerprint density at radius 3 is 2.71 bits per heavy atom. The molecule has 0 fully saturated rings. The maximum Gasteiger partial charge on any atom is 0.343 e. The van der Waals surface area contributed by atoms with Gasteiger partial charge in [-0.1, -0.05) is 0 Å². The third-order valence-electron chi connectivity index (χ3n) is 1.60. The molecule has 0 unspecified atom stereocenters. The SMILES string of the molecule is CCOC(=O)c1cnn(C(C)=O)c1N. The maximum absolute atomic E-state index is 11.2. The number of aromatic nitrogens is 2. The second-order valence-electron chi connectivity index (χ2n) is 2.59. The molecule has 0 aliphatic rings. The molecule has 1 heterocycles. The number of hydrogen-bond donors (Lipinski definition) is 1. The second-order valence-corrected chi connectivity index (χ2v) is 2.59. The molecule has 0 spiro atoms. The monoisotopic (exact) mass is 197 g/mol. The molecule has 1 aromatic rings. The van der Waals surface area contributed by atoms with Gasteiger partial charge in [-0.2, -0.15) is 9.78 Å². The molecule has 0 radical (unpaired) electrons. The zero-order valence-corrected chi connectivity index (χ0v) is 7.98. The van der Waals surface area contributed by atoms with Gasteiger partial charge < -0.3 is 10.5 Å². The highest BCUT2D eigenvalue weighted by atomic mass is 16.5. The van der Waals surface area contributed by atoms with Crippen LogP contribution in [0.2, 0.25) is 0 Å². The van der Waals surface area contributed by atoms with Gasteiger partial charge in [-0.05, 0) is 6.92 Å². The third-order valence-corrected chi connectivity index (χ3v) is 1.60. The summed E-state index contributed by atoms with van der Waals surface area (Å²) in [5, 5.41) is 3.66. The van der Waals surface area contributed by atoms with Crippen molar-refractivity contribution in [3.8, 4) is 0 Å². The Morgan fingerprint density at radius 1 is 1.64 bits per heavy atom. The Balaban J connectivity index is 3.00. The fourth-order valence-corrected chi connectivity index (χ4v) is 0.975. The van der Waals surface area contributed by atoms with Gasteiger partial charge >= 0.3 is 5.97 Å². The van der Waals surface area contributed by atoms with Gasteiger partial charge in [0.15, 0.2) is 0 Å². The van der Waals surface area contributed by atoms with Crippen LogP contribution in [-0.2, 0) is 4.74 Å². The number of esters is 1. The summed E-state index contributed by atoms with van der Waals surface area (Å²) in [6, 6.07) is 0. The van der Waals surface area contributed by atoms with Gasteiger partial charge in [0.1, 0.15) is 11.4 Å². The first-order valence-electron chi connectivity index (χ1n) is 4.09. The normalized spacial score (nSPS) is 9.86. The van der Waals surface area contributed by atoms with Crippen LogP contribution >= 0.6 is 0 Å². The van der Waals surface area contributed by atoms with E-state index in [1.165, 1.54) is 13.1 Å². The third kappa shape index (κ3) is 1.73. The van der Waals surface area contributed by atoms with Crippen molar-refractivity contribution in [3.05, 3.63) is 11.8 Å². The number of nitrogens with zero attached hydrogens (tertiary/aromatic N) is 2. The molecule has 0 amide bonds. The quantitative estimate of drug-likeness (QED) is 0.689. The zero-order valence-electron chi connectivity index (χ0n) is 7.98. The molecule has 2 N–H and O–H groups in total. The highest BCUT2D eigenvalue weighted by Gasteiger charge is 2.17. The van der Waals surface area contributed by atoms with Crippen LogP contribution in [-0.4, -0.2) is 28.3 Å². The lowest BCUT2D eigenvalue weighted by Crippen LogP contribution is -2.13. The molecular weight excluding hydrogens is 186 g/mol. The Labute approximate surface area is 80.6 Å². The van der Waals surface area contributed by atoms with Gasteiger partial charge in [-0.15, -0.1) is 0 Å². The molecule has 0 saturated carbocycles. The lowest BCUT2D eigenvalue weighted by atomic mass is 10.3. The van der Waals surface area contributed by atoms with Gasteiger partial charge in [-0.3, -0.25) is 4.79 Å². The molecule has 0 aliphatic carbocycles. The number of nitrogens with two attached hydrogens (primary N) is 1. The Hall–Kier alpha value is -1.85. The van der Waals surface area contributed by atoms with Crippen LogP contribution in [0.4, 0.5) is 5.82 Å². The van der Waals surface area contributed by atoms with E-state index in [9.17, 15) is 9.59 Å². The van der Waals surface area contributed by atoms with Gasteiger partial charge in [0.2, 0.25) is 5.91 Å². The molecule has 0 aromatic carbocycles. The first-order chi connectivity index (χ1) is 6.57. The Kier molecular flexibility index (Phi) is 2.85. The van der Waals surface area contributed by atoms with Crippen LogP contribution in [0, 0.1) is 0 Å². The van der Waals surface area contributed by atoms with E-state index in [2.05, 4.69) is 5.10 Å². The van der Waals surface area contributed by atoms with E-state index in [0.29, 0.717) is 0 Å². The van der Waals surface area contributed by atoms with Crippen LogP contribution in [0.3, 0.4) is 0 Å². The lowest BCUT2D eigenvalue weighted by Gasteiger charge is -2.00. The molecule has 6 nitrogen and oxygen atoms in total. The van der Waals surface area contributed by atoms with Crippen LogP contribution in [0.25, 0.3) is 0 Å². The maximum atomic E-state index is 11.2. The van der Waals surface area contributed by atoms with E-state index in [1.807, 2.05) is 0 Å². The van der Waals surface area contributed by atoms with Crippen LogP contribution in [0.1, 0.15) is 29.0 Å². The summed E-state index contributed by atoms with van der Waals surface area (Å²) >= 11 is 0. The number of nitrogen functional groups attached to an aromatic ring is 1. The Bertz CT molecular complexity index is 370. The average molecular weight is 197 g/mol. The van der Waals surface area contributed by atoms with Crippen molar-refractivity contribution in [3.63, 3.8) is 0 Å². The molecule has 14 heavy (non-hydrogen) atoms. The first kappa shape index (κ1) is 10.2. The van der Waals surface area contributed by atoms with Gasteiger partial charge in [0, 0.05) is 6.92 Å². The fraction of sp³-hybridized carbons (Fsp3) is 0.375. The summed E-state index contributed by atoms with van der Waals surface area (Å²) in [6.45, 7) is 3.24. The van der Waals surface area contributed by atoms with E-state index in [-0.39, 0.29) is 23.9 Å². The molecule has 0 atom stereocenters. The van der Waals surface area contributed by atoms with Crippen molar-refractivity contribution >= 4 is 17.7 Å². The predicted molar refractivity (Wildman–Crippen MR) is 48.9 cm³/mol. The molecule has 0 bridgehead atoms. The van der Waals surface area contributed by atoms with E-state index in [1.54, 1.807) is 6.92 Å². The minimum absolute atomic E-state index is 0.0101. The van der Waals surface area contributed by atoms with E-state index in [4.69, 9.17) is 10.5 Å². The number of hydrogen-bond acceptors (Lipinski definition) is 5. The summed E-state index contributed by atoms with van der Waals surface area (Å²) < 4.78 is 5.67. The lowest BCUT2D eigenvalue weighted by molar-refractivity contribution is 0.0527. The Morgan fingerprint density at radius 2 is 2.29 bits per heavy atom. The number of carbonyl (C=O) groups excluding carboxylic acids is 2. The first-order valence-corrected chi connectivity index (χ1v) is 4.09. The van der Waals surface area contributed by atoms with Crippen LogP contribution in [0.15, 0.2) is 6.20 Å². The van der Waals surface area contributed by atoms with E-state index in [0.717, 1.165) is 4.68 Å². The summed E-state index contributed by atoms with van der Waals surface area (Å²) in [5.74, 6) is -0.911. The van der Waals surface area contributed by atoms with Crippen LogP contribution in [0.5, 0.6) is 0 Å². The van der Waals surface area contributed by atoms with Gasteiger partial charge in [0.25, 0.3) is 0 Å². The van der Waals surface area contributed by atoms with Gasteiger partial charge in [-0.25, -0.2) is 4.79 Å². The highest BCUT2D eigenvalue weighted by molar-refractivity contribution is 5.96. The minimum atomic E-state index is -0.572. The van der Waals surface area contributed by atoms with Crippen molar-refractivity contribution in [1.82, 2.24) is 9.78 Å². The summed E-state index contributed by atoms with van der Waals surface area (Å²) in [4.78, 5) is 22.2. The van der Waals surface area contributed by atoms with Crippen LogP contribution < -0.4 is 5.73 Å². The predicted octanol–water partition coefficient (Wildman–Crippen LogP) is 0.302. The molecule has 1 rings (SSSR count). The minimum Gasteiger partial charge on any atom is -0.462 e. The molecule has 1 aromatic heterocycles. The molecular formula is C8H11N3O3. The number of ether oxygens (including phenoxy) is 1. The van der Waals surface area contributed by atoms with Crippen molar-refractivity contribution in [2.45, 2.75) is 13.8 Å². The topological polar surface area (TPSA) is 87.2 Å². The summed E-state index contributed by atoms with van der Waals surface area (Å²) in [7, 11) is 0. The van der Waals surface area contributed by atoms with Crippen molar-refractivity contribution in [2.24, 2.45) is 0 Å². The number of rotatable bonds is 2. The smallest absolute Gasteiger partial charge is 0.343 e. The molecule has 76 valence electrons. The fourth-order valence-electron chi connectivity index (χ4n) is 0.975. The zero-order chi connectivity index (χ0) is 10.7. The van der Waals surface area contributed by atoms with Crippen molar-refractivity contribution in [1.29, 1.82) is 0 Å². The molecule has 6 heteroatoms. The summed E-state index contributed by atoms with van der Waals surface area (Å²) in [5.41, 5.74) is 5.63. The van der Waals surface area contributed by atoms with E-state index >= 15 is 0 Å². The molecule has 0 saturated heterocycles. The average Bonchev–Trinajstić information content (AvgIpc) is 2.47. The van der Waals surface area contributed by atoms with Crippen molar-refractivity contribution in [2.75, 3.05) is 12.3 Å². The molecule has 0 aliphatic heterocycles. The van der Waals surface area contributed by atoms with E-state index < -0.39 is 5.97 Å².